The van der Waals surface area contributed by atoms with Gasteiger partial charge in [-0.05, 0) is 6.92 Å². The molecule has 1 N–H and O–H groups in total. The zero-order valence-electron chi connectivity index (χ0n) is 8.70. The van der Waals surface area contributed by atoms with Gasteiger partial charge >= 0.3 is 5.97 Å². The number of aliphatic carboxylic acids is 1. The Morgan fingerprint density at radius 1 is 1.57 bits per heavy atom. The monoisotopic (exact) mass is 197 g/mol. The van der Waals surface area contributed by atoms with E-state index in [1.807, 2.05) is 20.8 Å². The van der Waals surface area contributed by atoms with Gasteiger partial charge in [-0.2, -0.15) is 0 Å². The van der Waals surface area contributed by atoms with Crippen molar-refractivity contribution in [1.29, 1.82) is 0 Å². The van der Waals surface area contributed by atoms with Gasteiger partial charge in [-0.25, -0.2) is 4.98 Å². The summed E-state index contributed by atoms with van der Waals surface area (Å²) in [6.45, 7) is 5.82. The normalized spacial score (nSPS) is 10.9. The molecule has 0 unspecified atom stereocenters. The second-order valence-electron chi connectivity index (χ2n) is 3.61. The van der Waals surface area contributed by atoms with E-state index in [0.717, 1.165) is 5.69 Å². The van der Waals surface area contributed by atoms with Crippen LogP contribution in [-0.2, 0) is 11.2 Å². The largest absolute Gasteiger partial charge is 0.481 e. The molecule has 1 aromatic rings. The number of aryl methyl sites for hydroxylation is 2. The van der Waals surface area contributed by atoms with Gasteiger partial charge in [-0.1, -0.05) is 13.8 Å². The average molecular weight is 197 g/mol. The van der Waals surface area contributed by atoms with Crippen LogP contribution in [0.3, 0.4) is 0 Å². The Bertz CT molecular complexity index is 328. The van der Waals surface area contributed by atoms with Crippen molar-refractivity contribution in [3.8, 4) is 0 Å². The minimum Gasteiger partial charge on any atom is -0.481 e. The first-order valence-electron chi connectivity index (χ1n) is 4.68. The molecule has 1 heterocycles. The fourth-order valence-corrected chi connectivity index (χ4v) is 1.15. The molecule has 0 aromatic carbocycles. The van der Waals surface area contributed by atoms with Gasteiger partial charge in [0.05, 0.1) is 12.1 Å². The lowest BCUT2D eigenvalue weighted by Gasteiger charge is -1.96. The molecule has 0 atom stereocenters. The van der Waals surface area contributed by atoms with Crippen LogP contribution in [0, 0.1) is 6.92 Å². The van der Waals surface area contributed by atoms with Gasteiger partial charge in [-0.15, -0.1) is 0 Å². The Hall–Kier alpha value is -1.32. The Morgan fingerprint density at radius 2 is 2.21 bits per heavy atom. The van der Waals surface area contributed by atoms with Crippen LogP contribution in [0.1, 0.15) is 43.5 Å². The summed E-state index contributed by atoms with van der Waals surface area (Å²) in [6.07, 6.45) is 0.508. The minimum atomic E-state index is -0.813. The van der Waals surface area contributed by atoms with Crippen LogP contribution in [0.2, 0.25) is 0 Å². The molecule has 0 aliphatic carbocycles. The number of carboxylic acids is 1. The first-order valence-corrected chi connectivity index (χ1v) is 4.68. The van der Waals surface area contributed by atoms with Gasteiger partial charge in [0.1, 0.15) is 5.76 Å². The third-order valence-corrected chi connectivity index (χ3v) is 1.97. The maximum Gasteiger partial charge on any atom is 0.303 e. The Kier molecular flexibility index (Phi) is 3.28. The summed E-state index contributed by atoms with van der Waals surface area (Å²) in [5.74, 6) is 0.804. The molecular weight excluding hydrogens is 182 g/mol. The second kappa shape index (κ2) is 4.26. The molecular formula is C10H15NO3. The fraction of sp³-hybridized carbons (Fsp3) is 0.600. The van der Waals surface area contributed by atoms with E-state index in [9.17, 15) is 4.79 Å². The maximum atomic E-state index is 10.4. The SMILES string of the molecule is Cc1nc(C(C)C)oc1CCC(=O)O. The van der Waals surface area contributed by atoms with Gasteiger partial charge in [0.15, 0.2) is 5.89 Å². The molecule has 4 nitrogen and oxygen atoms in total. The van der Waals surface area contributed by atoms with E-state index >= 15 is 0 Å². The van der Waals surface area contributed by atoms with Crippen molar-refractivity contribution in [2.45, 2.75) is 39.5 Å². The summed E-state index contributed by atoms with van der Waals surface area (Å²) in [7, 11) is 0. The average Bonchev–Trinajstić information content (AvgIpc) is 2.43. The van der Waals surface area contributed by atoms with E-state index in [4.69, 9.17) is 9.52 Å². The van der Waals surface area contributed by atoms with Crippen molar-refractivity contribution in [2.75, 3.05) is 0 Å². The van der Waals surface area contributed by atoms with E-state index in [2.05, 4.69) is 4.98 Å². The lowest BCUT2D eigenvalue weighted by molar-refractivity contribution is -0.137. The summed E-state index contributed by atoms with van der Waals surface area (Å²) < 4.78 is 5.45. The zero-order chi connectivity index (χ0) is 10.7. The lowest BCUT2D eigenvalue weighted by Crippen LogP contribution is -1.97. The van der Waals surface area contributed by atoms with Crippen LogP contribution in [0.25, 0.3) is 0 Å². The summed E-state index contributed by atoms with van der Waals surface area (Å²) >= 11 is 0. The first-order chi connectivity index (χ1) is 6.50. The van der Waals surface area contributed by atoms with Gasteiger partial charge in [0.25, 0.3) is 0 Å². The van der Waals surface area contributed by atoms with E-state index in [0.29, 0.717) is 18.1 Å². The predicted octanol–water partition coefficient (Wildman–Crippen LogP) is 2.12. The Labute approximate surface area is 83.0 Å². The van der Waals surface area contributed by atoms with Crippen molar-refractivity contribution in [2.24, 2.45) is 0 Å². The number of rotatable bonds is 4. The highest BCUT2D eigenvalue weighted by atomic mass is 16.4. The van der Waals surface area contributed by atoms with E-state index < -0.39 is 5.97 Å². The van der Waals surface area contributed by atoms with Crippen LogP contribution in [-0.4, -0.2) is 16.1 Å². The van der Waals surface area contributed by atoms with Gasteiger partial charge in [-0.3, -0.25) is 4.79 Å². The van der Waals surface area contributed by atoms with Crippen molar-refractivity contribution >= 4 is 5.97 Å². The van der Waals surface area contributed by atoms with Gasteiger partial charge in [0.2, 0.25) is 0 Å². The van der Waals surface area contributed by atoms with Crippen LogP contribution < -0.4 is 0 Å². The molecule has 1 rings (SSSR count). The molecule has 4 heteroatoms. The topological polar surface area (TPSA) is 63.3 Å². The molecule has 0 saturated carbocycles. The van der Waals surface area contributed by atoms with Crippen LogP contribution in [0.5, 0.6) is 0 Å². The second-order valence-corrected chi connectivity index (χ2v) is 3.61. The van der Waals surface area contributed by atoms with E-state index in [-0.39, 0.29) is 12.3 Å². The molecule has 0 saturated heterocycles. The van der Waals surface area contributed by atoms with Crippen molar-refractivity contribution in [3.05, 3.63) is 17.3 Å². The Morgan fingerprint density at radius 3 is 2.64 bits per heavy atom. The van der Waals surface area contributed by atoms with Gasteiger partial charge < -0.3 is 9.52 Å². The number of aromatic nitrogens is 1. The summed E-state index contributed by atoms with van der Waals surface area (Å²) in [5.41, 5.74) is 0.801. The number of carboxylic acid groups (broad SMARTS) is 1. The summed E-state index contributed by atoms with van der Waals surface area (Å²) in [5, 5.41) is 8.52. The number of hydrogen-bond donors (Lipinski definition) is 1. The Balaban J connectivity index is 2.72. The molecule has 0 spiro atoms. The maximum absolute atomic E-state index is 10.4. The minimum absolute atomic E-state index is 0.0908. The third-order valence-electron chi connectivity index (χ3n) is 1.97. The van der Waals surface area contributed by atoms with Crippen LogP contribution >= 0.6 is 0 Å². The van der Waals surface area contributed by atoms with Crippen molar-refractivity contribution in [3.63, 3.8) is 0 Å². The number of carbonyl (C=O) groups is 1. The first kappa shape index (κ1) is 10.8. The highest BCUT2D eigenvalue weighted by molar-refractivity contribution is 5.66. The molecule has 0 radical (unpaired) electrons. The lowest BCUT2D eigenvalue weighted by atomic mass is 10.2. The number of hydrogen-bond acceptors (Lipinski definition) is 3. The van der Waals surface area contributed by atoms with Gasteiger partial charge in [0, 0.05) is 12.3 Å². The molecule has 1 aromatic heterocycles. The number of nitrogens with zero attached hydrogens (tertiary/aromatic N) is 1. The van der Waals surface area contributed by atoms with Crippen molar-refractivity contribution < 1.29 is 14.3 Å². The molecule has 14 heavy (non-hydrogen) atoms. The van der Waals surface area contributed by atoms with Crippen LogP contribution in [0.4, 0.5) is 0 Å². The summed E-state index contributed by atoms with van der Waals surface area (Å²) in [6, 6.07) is 0. The molecule has 0 aliphatic heterocycles. The molecule has 0 fully saturated rings. The number of oxazole rings is 1. The molecule has 0 aliphatic rings. The molecule has 0 bridgehead atoms. The smallest absolute Gasteiger partial charge is 0.303 e. The van der Waals surface area contributed by atoms with E-state index in [1.165, 1.54) is 0 Å². The fourth-order valence-electron chi connectivity index (χ4n) is 1.15. The van der Waals surface area contributed by atoms with Crippen LogP contribution in [0.15, 0.2) is 4.42 Å². The third kappa shape index (κ3) is 2.58. The zero-order valence-corrected chi connectivity index (χ0v) is 8.70. The van der Waals surface area contributed by atoms with E-state index in [1.54, 1.807) is 0 Å². The quantitative estimate of drug-likeness (QED) is 0.803. The highest BCUT2D eigenvalue weighted by Gasteiger charge is 2.12. The van der Waals surface area contributed by atoms with Crippen molar-refractivity contribution in [1.82, 2.24) is 4.98 Å². The predicted molar refractivity (Wildman–Crippen MR) is 51.3 cm³/mol. The standard InChI is InChI=1S/C10H15NO3/c1-6(2)10-11-7(3)8(14-10)4-5-9(12)13/h6H,4-5H2,1-3H3,(H,12,13). The molecule has 0 amide bonds. The molecule has 78 valence electrons. The highest BCUT2D eigenvalue weighted by Crippen LogP contribution is 2.18. The summed E-state index contributed by atoms with van der Waals surface area (Å²) in [4.78, 5) is 14.6.